The highest BCUT2D eigenvalue weighted by molar-refractivity contribution is 6.09. The zero-order chi connectivity index (χ0) is 19.1. The quantitative estimate of drug-likeness (QED) is 0.636. The van der Waals surface area contributed by atoms with Gasteiger partial charge in [0.15, 0.2) is 0 Å². The van der Waals surface area contributed by atoms with Gasteiger partial charge in [0.25, 0.3) is 5.91 Å². The van der Waals surface area contributed by atoms with Crippen LogP contribution >= 0.6 is 0 Å². The Kier molecular flexibility index (Phi) is 6.21. The Hall–Kier alpha value is -3.48. The van der Waals surface area contributed by atoms with Gasteiger partial charge in [0.2, 0.25) is 5.91 Å². The number of hydrogen-bond acceptors (Lipinski definition) is 5. The van der Waals surface area contributed by atoms with Gasteiger partial charge in [0.1, 0.15) is 5.82 Å². The molecule has 2 rings (SSSR count). The number of anilines is 2. The van der Waals surface area contributed by atoms with Gasteiger partial charge in [0, 0.05) is 23.5 Å². The van der Waals surface area contributed by atoms with Gasteiger partial charge in [0.05, 0.1) is 12.7 Å². The van der Waals surface area contributed by atoms with Crippen LogP contribution in [0.25, 0.3) is 0 Å². The fourth-order valence-electron chi connectivity index (χ4n) is 2.07. The molecule has 2 aromatic rings. The lowest BCUT2D eigenvalue weighted by molar-refractivity contribution is -0.114. The van der Waals surface area contributed by atoms with E-state index in [1.165, 1.54) is 32.2 Å². The molecular weight excluding hydrogens is 334 g/mol. The predicted molar refractivity (Wildman–Crippen MR) is 97.8 cm³/mol. The van der Waals surface area contributed by atoms with Crippen molar-refractivity contribution in [2.45, 2.75) is 13.8 Å². The van der Waals surface area contributed by atoms with Gasteiger partial charge < -0.3 is 15.4 Å². The lowest BCUT2D eigenvalue weighted by Crippen LogP contribution is -2.17. The second kappa shape index (κ2) is 8.57. The number of aromatic nitrogens is 1. The maximum absolute atomic E-state index is 12.2. The lowest BCUT2D eigenvalue weighted by Gasteiger charge is -2.07. The van der Waals surface area contributed by atoms with Crippen molar-refractivity contribution in [2.75, 3.05) is 17.7 Å². The van der Waals surface area contributed by atoms with Crippen LogP contribution in [0.4, 0.5) is 11.5 Å². The highest BCUT2D eigenvalue weighted by Crippen LogP contribution is 2.12. The van der Waals surface area contributed by atoms with E-state index in [-0.39, 0.29) is 5.57 Å². The summed E-state index contributed by atoms with van der Waals surface area (Å²) in [5, 5.41) is 5.28. The summed E-state index contributed by atoms with van der Waals surface area (Å²) in [5.41, 5.74) is 1.93. The molecule has 0 saturated heterocycles. The van der Waals surface area contributed by atoms with Crippen LogP contribution in [0.5, 0.6) is 0 Å². The summed E-state index contributed by atoms with van der Waals surface area (Å²) in [4.78, 5) is 39.7. The Morgan fingerprint density at radius 3 is 2.38 bits per heavy atom. The molecule has 2 amide bonds. The summed E-state index contributed by atoms with van der Waals surface area (Å²) >= 11 is 0. The van der Waals surface area contributed by atoms with Crippen LogP contribution in [0.3, 0.4) is 0 Å². The first-order valence-electron chi connectivity index (χ1n) is 7.81. The van der Waals surface area contributed by atoms with Crippen molar-refractivity contribution in [3.05, 3.63) is 65.4 Å². The zero-order valence-corrected chi connectivity index (χ0v) is 14.7. The third-order valence-corrected chi connectivity index (χ3v) is 3.52. The molecule has 0 aliphatic rings. The van der Waals surface area contributed by atoms with Crippen LogP contribution < -0.4 is 10.6 Å². The number of pyridine rings is 1. The summed E-state index contributed by atoms with van der Waals surface area (Å²) < 4.78 is 4.61. The van der Waals surface area contributed by atoms with Gasteiger partial charge in [-0.3, -0.25) is 9.59 Å². The largest absolute Gasteiger partial charge is 0.465 e. The van der Waals surface area contributed by atoms with Gasteiger partial charge in [-0.2, -0.15) is 0 Å². The third-order valence-electron chi connectivity index (χ3n) is 3.52. The summed E-state index contributed by atoms with van der Waals surface area (Å²) in [6.07, 6.45) is 2.77. The first-order chi connectivity index (χ1) is 12.4. The maximum atomic E-state index is 12.2. The molecule has 134 valence electrons. The van der Waals surface area contributed by atoms with Crippen molar-refractivity contribution < 1.29 is 19.1 Å². The third kappa shape index (κ3) is 5.01. The molecule has 0 atom stereocenters. The van der Waals surface area contributed by atoms with E-state index in [1.807, 2.05) is 13.0 Å². The van der Waals surface area contributed by atoms with Crippen LogP contribution in [0.1, 0.15) is 22.8 Å². The number of benzene rings is 1. The van der Waals surface area contributed by atoms with Crippen molar-refractivity contribution >= 4 is 29.3 Å². The fraction of sp³-hybridized carbons (Fsp3) is 0.158. The first-order valence-corrected chi connectivity index (χ1v) is 7.81. The van der Waals surface area contributed by atoms with Gasteiger partial charge in [-0.25, -0.2) is 9.78 Å². The second-order valence-electron chi connectivity index (χ2n) is 5.51. The second-order valence-corrected chi connectivity index (χ2v) is 5.51. The van der Waals surface area contributed by atoms with Crippen LogP contribution in [-0.4, -0.2) is 29.9 Å². The molecule has 0 saturated carbocycles. The molecule has 0 aliphatic heterocycles. The molecular formula is C19H19N3O4. The van der Waals surface area contributed by atoms with Gasteiger partial charge in [-0.1, -0.05) is 6.07 Å². The van der Waals surface area contributed by atoms with E-state index in [4.69, 9.17) is 0 Å². The van der Waals surface area contributed by atoms with Crippen LogP contribution in [0.15, 0.2) is 54.2 Å². The number of hydrogen-bond donors (Lipinski definition) is 2. The van der Waals surface area contributed by atoms with Gasteiger partial charge >= 0.3 is 5.97 Å². The normalized spacial score (nSPS) is 10.8. The first kappa shape index (κ1) is 18.9. The van der Waals surface area contributed by atoms with Crippen LogP contribution in [0.2, 0.25) is 0 Å². The Morgan fingerprint density at radius 2 is 1.77 bits per heavy atom. The molecule has 7 heteroatoms. The van der Waals surface area contributed by atoms with Crippen molar-refractivity contribution in [1.82, 2.24) is 4.98 Å². The number of amides is 2. The minimum atomic E-state index is -0.458. The monoisotopic (exact) mass is 353 g/mol. The molecule has 0 bridgehead atoms. The number of nitrogens with zero attached hydrogens (tertiary/aromatic N) is 1. The summed E-state index contributed by atoms with van der Waals surface area (Å²) in [6.45, 7) is 3.35. The molecule has 0 spiro atoms. The predicted octanol–water partition coefficient (Wildman–Crippen LogP) is 2.70. The van der Waals surface area contributed by atoms with E-state index in [1.54, 1.807) is 24.4 Å². The number of aryl methyl sites for hydroxylation is 1. The minimum absolute atomic E-state index is 0.230. The van der Waals surface area contributed by atoms with E-state index in [0.717, 1.165) is 5.56 Å². The number of nitrogens with one attached hydrogen (secondary N) is 2. The van der Waals surface area contributed by atoms with Crippen LogP contribution in [0, 0.1) is 6.92 Å². The topological polar surface area (TPSA) is 97.4 Å². The van der Waals surface area contributed by atoms with Gasteiger partial charge in [-0.15, -0.1) is 0 Å². The Morgan fingerprint density at radius 1 is 1.08 bits per heavy atom. The Labute approximate surface area is 151 Å². The Bertz CT molecular complexity index is 857. The SMILES string of the molecule is COC(=O)c1ccc(NC(=O)/C(C)=C/C(=O)Nc2ncccc2C)cc1. The van der Waals surface area contributed by atoms with E-state index in [9.17, 15) is 14.4 Å². The molecule has 7 nitrogen and oxygen atoms in total. The number of carbonyl (C=O) groups excluding carboxylic acids is 3. The van der Waals surface area contributed by atoms with E-state index in [2.05, 4.69) is 20.4 Å². The summed E-state index contributed by atoms with van der Waals surface area (Å²) in [5.74, 6) is -0.884. The lowest BCUT2D eigenvalue weighted by atomic mass is 10.2. The van der Waals surface area contributed by atoms with E-state index >= 15 is 0 Å². The maximum Gasteiger partial charge on any atom is 0.337 e. The average molecular weight is 353 g/mol. The molecule has 1 aromatic heterocycles. The molecule has 0 unspecified atom stereocenters. The highest BCUT2D eigenvalue weighted by atomic mass is 16.5. The van der Waals surface area contributed by atoms with Crippen molar-refractivity contribution in [3.8, 4) is 0 Å². The summed E-state index contributed by atoms with van der Waals surface area (Å²) in [6, 6.07) is 9.83. The molecule has 1 aromatic carbocycles. The molecule has 26 heavy (non-hydrogen) atoms. The van der Waals surface area contributed by atoms with E-state index < -0.39 is 17.8 Å². The number of rotatable bonds is 5. The molecule has 1 heterocycles. The zero-order valence-electron chi connectivity index (χ0n) is 14.7. The van der Waals surface area contributed by atoms with E-state index in [0.29, 0.717) is 17.1 Å². The van der Waals surface area contributed by atoms with Crippen molar-refractivity contribution in [2.24, 2.45) is 0 Å². The van der Waals surface area contributed by atoms with Gasteiger partial charge in [-0.05, 0) is 49.7 Å². The smallest absolute Gasteiger partial charge is 0.337 e. The fourth-order valence-corrected chi connectivity index (χ4v) is 2.07. The minimum Gasteiger partial charge on any atom is -0.465 e. The Balaban J connectivity index is 2.00. The average Bonchev–Trinajstić information content (AvgIpc) is 2.63. The number of carbonyl (C=O) groups is 3. The number of esters is 1. The number of methoxy groups -OCH3 is 1. The molecule has 0 fully saturated rings. The highest BCUT2D eigenvalue weighted by Gasteiger charge is 2.10. The van der Waals surface area contributed by atoms with Crippen molar-refractivity contribution in [3.63, 3.8) is 0 Å². The summed E-state index contributed by atoms with van der Waals surface area (Å²) in [7, 11) is 1.30. The number of ether oxygens (including phenoxy) is 1. The molecule has 0 radical (unpaired) electrons. The van der Waals surface area contributed by atoms with Crippen molar-refractivity contribution in [1.29, 1.82) is 0 Å². The van der Waals surface area contributed by atoms with Crippen LogP contribution in [-0.2, 0) is 14.3 Å². The standard InChI is InChI=1S/C19H19N3O4/c1-12-5-4-10-20-17(12)22-16(23)11-13(2)18(24)21-15-8-6-14(7-9-15)19(25)26-3/h4-11H,1-3H3,(H,21,24)(H,20,22,23)/b13-11+. The molecule has 2 N–H and O–H groups in total. The molecule has 0 aliphatic carbocycles.